The maximum absolute atomic E-state index is 11.6. The Morgan fingerprint density at radius 3 is 2.43 bits per heavy atom. The van der Waals surface area contributed by atoms with E-state index in [4.69, 9.17) is 4.42 Å². The van der Waals surface area contributed by atoms with Crippen molar-refractivity contribution in [2.75, 3.05) is 20.6 Å². The van der Waals surface area contributed by atoms with Gasteiger partial charge in [0.1, 0.15) is 18.1 Å². The van der Waals surface area contributed by atoms with Crippen LogP contribution in [0.25, 0.3) is 0 Å². The molecule has 0 radical (unpaired) electrons. The molecule has 1 aromatic rings. The Balaban J connectivity index is 2.73. The monoisotopic (exact) mass is 294 g/mol. The second-order valence-electron chi connectivity index (χ2n) is 5.57. The van der Waals surface area contributed by atoms with Crippen LogP contribution in [0.4, 0.5) is 0 Å². The average Bonchev–Trinajstić information content (AvgIpc) is 2.81. The van der Waals surface area contributed by atoms with Crippen molar-refractivity contribution in [2.24, 2.45) is 4.99 Å². The van der Waals surface area contributed by atoms with Crippen molar-refractivity contribution in [2.45, 2.75) is 39.8 Å². The molecule has 0 aromatic carbocycles. The topological polar surface area (TPSA) is 69.9 Å². The summed E-state index contributed by atoms with van der Waals surface area (Å²) in [5.74, 6) is 2.27. The number of carbonyl (C=O) groups is 1. The van der Waals surface area contributed by atoms with E-state index in [1.54, 1.807) is 14.1 Å². The van der Waals surface area contributed by atoms with Crippen molar-refractivity contribution >= 4 is 11.9 Å². The SMILES string of the molecule is Cc1ccc(C(C)NC(=NCC(=O)N(C)C)NC(C)C)o1. The molecule has 6 nitrogen and oxygen atoms in total. The Hall–Kier alpha value is -1.98. The van der Waals surface area contributed by atoms with Crippen molar-refractivity contribution in [1.29, 1.82) is 0 Å². The number of aryl methyl sites for hydroxylation is 1. The van der Waals surface area contributed by atoms with Gasteiger partial charge in [0.15, 0.2) is 5.96 Å². The highest BCUT2D eigenvalue weighted by Crippen LogP contribution is 2.15. The normalized spacial score (nSPS) is 13.2. The fraction of sp³-hybridized carbons (Fsp3) is 0.600. The number of carbonyl (C=O) groups excluding carboxylic acids is 1. The lowest BCUT2D eigenvalue weighted by atomic mass is 10.2. The lowest BCUT2D eigenvalue weighted by Crippen LogP contribution is -2.42. The number of furan rings is 1. The van der Waals surface area contributed by atoms with Gasteiger partial charge < -0.3 is 20.0 Å². The lowest BCUT2D eigenvalue weighted by molar-refractivity contribution is -0.127. The molecule has 0 aliphatic rings. The van der Waals surface area contributed by atoms with E-state index in [9.17, 15) is 4.79 Å². The number of guanidine groups is 1. The number of aliphatic imine (C=N–C) groups is 1. The van der Waals surface area contributed by atoms with Gasteiger partial charge in [-0.2, -0.15) is 0 Å². The summed E-state index contributed by atoms with van der Waals surface area (Å²) in [6.07, 6.45) is 0. The standard InChI is InChI=1S/C15H26N4O2/c1-10(2)17-15(16-9-14(20)19(5)6)18-12(4)13-8-7-11(3)21-13/h7-8,10,12H,9H2,1-6H3,(H2,16,17,18). The van der Waals surface area contributed by atoms with Crippen LogP contribution in [0.1, 0.15) is 38.3 Å². The third kappa shape index (κ3) is 5.89. The molecule has 1 aromatic heterocycles. The maximum atomic E-state index is 11.6. The van der Waals surface area contributed by atoms with E-state index in [0.717, 1.165) is 11.5 Å². The van der Waals surface area contributed by atoms with Gasteiger partial charge in [0.05, 0.1) is 6.04 Å². The number of likely N-dealkylation sites (N-methyl/N-ethyl adjacent to an activating group) is 1. The van der Waals surface area contributed by atoms with Crippen LogP contribution in [-0.4, -0.2) is 43.4 Å². The van der Waals surface area contributed by atoms with E-state index in [-0.39, 0.29) is 24.5 Å². The van der Waals surface area contributed by atoms with Crippen LogP contribution >= 0.6 is 0 Å². The molecule has 1 amide bonds. The molecule has 2 N–H and O–H groups in total. The van der Waals surface area contributed by atoms with E-state index in [0.29, 0.717) is 5.96 Å². The van der Waals surface area contributed by atoms with E-state index in [1.807, 2.05) is 39.8 Å². The number of hydrogen-bond acceptors (Lipinski definition) is 3. The molecule has 1 rings (SSSR count). The van der Waals surface area contributed by atoms with Crippen molar-refractivity contribution in [1.82, 2.24) is 15.5 Å². The van der Waals surface area contributed by atoms with E-state index in [2.05, 4.69) is 15.6 Å². The van der Waals surface area contributed by atoms with Gasteiger partial charge in [-0.15, -0.1) is 0 Å². The zero-order valence-electron chi connectivity index (χ0n) is 13.7. The van der Waals surface area contributed by atoms with Crippen molar-refractivity contribution in [3.8, 4) is 0 Å². The number of nitrogens with one attached hydrogen (secondary N) is 2. The predicted molar refractivity (Wildman–Crippen MR) is 84.3 cm³/mol. The van der Waals surface area contributed by atoms with Gasteiger partial charge in [-0.3, -0.25) is 4.79 Å². The van der Waals surface area contributed by atoms with E-state index >= 15 is 0 Å². The van der Waals surface area contributed by atoms with Gasteiger partial charge in [-0.25, -0.2) is 4.99 Å². The van der Waals surface area contributed by atoms with Crippen molar-refractivity contribution in [3.05, 3.63) is 23.7 Å². The Kier molecular flexibility index (Phi) is 6.27. The smallest absolute Gasteiger partial charge is 0.243 e. The van der Waals surface area contributed by atoms with Gasteiger partial charge in [0.25, 0.3) is 0 Å². The Morgan fingerprint density at radius 1 is 1.29 bits per heavy atom. The summed E-state index contributed by atoms with van der Waals surface area (Å²) in [5.41, 5.74) is 0. The number of rotatable bonds is 5. The largest absolute Gasteiger partial charge is 0.464 e. The molecule has 118 valence electrons. The van der Waals surface area contributed by atoms with Crippen molar-refractivity contribution in [3.63, 3.8) is 0 Å². The van der Waals surface area contributed by atoms with E-state index < -0.39 is 0 Å². The minimum Gasteiger partial charge on any atom is -0.464 e. The molecule has 0 aliphatic heterocycles. The first-order chi connectivity index (χ1) is 9.79. The molecule has 0 fully saturated rings. The van der Waals surface area contributed by atoms with Crippen LogP contribution in [-0.2, 0) is 4.79 Å². The molecule has 0 aliphatic carbocycles. The zero-order chi connectivity index (χ0) is 16.0. The molecule has 6 heteroatoms. The molecule has 1 atom stereocenters. The molecule has 0 bridgehead atoms. The summed E-state index contributed by atoms with van der Waals surface area (Å²) in [4.78, 5) is 17.5. The van der Waals surface area contributed by atoms with Gasteiger partial charge in [0.2, 0.25) is 5.91 Å². The third-order valence-corrected chi connectivity index (χ3v) is 2.84. The summed E-state index contributed by atoms with van der Waals surface area (Å²) in [5, 5.41) is 6.45. The fourth-order valence-corrected chi connectivity index (χ4v) is 1.66. The summed E-state index contributed by atoms with van der Waals surface area (Å²) < 4.78 is 5.59. The first-order valence-electron chi connectivity index (χ1n) is 7.13. The summed E-state index contributed by atoms with van der Waals surface area (Å²) in [6, 6.07) is 4.05. The minimum absolute atomic E-state index is 0.0295. The van der Waals surface area contributed by atoms with Crippen LogP contribution in [0.5, 0.6) is 0 Å². The van der Waals surface area contributed by atoms with Gasteiger partial charge >= 0.3 is 0 Å². The summed E-state index contributed by atoms with van der Waals surface area (Å²) in [6.45, 7) is 8.05. The molecule has 1 unspecified atom stereocenters. The molecule has 0 saturated carbocycles. The summed E-state index contributed by atoms with van der Waals surface area (Å²) in [7, 11) is 3.43. The second-order valence-corrected chi connectivity index (χ2v) is 5.57. The van der Waals surface area contributed by atoms with Gasteiger partial charge in [-0.1, -0.05) is 0 Å². The van der Waals surface area contributed by atoms with Gasteiger partial charge in [-0.05, 0) is 39.8 Å². The number of hydrogen-bond donors (Lipinski definition) is 2. The molecule has 21 heavy (non-hydrogen) atoms. The Labute approximate surface area is 126 Å². The van der Waals surface area contributed by atoms with Crippen LogP contribution in [0, 0.1) is 6.92 Å². The van der Waals surface area contributed by atoms with Crippen LogP contribution < -0.4 is 10.6 Å². The number of amides is 1. The molecule has 0 saturated heterocycles. The highest BCUT2D eigenvalue weighted by molar-refractivity contribution is 5.85. The zero-order valence-corrected chi connectivity index (χ0v) is 13.7. The van der Waals surface area contributed by atoms with Crippen LogP contribution in [0.3, 0.4) is 0 Å². The van der Waals surface area contributed by atoms with E-state index in [1.165, 1.54) is 4.90 Å². The Morgan fingerprint density at radius 2 is 1.95 bits per heavy atom. The molecular formula is C15H26N4O2. The molecular weight excluding hydrogens is 268 g/mol. The predicted octanol–water partition coefficient (Wildman–Crippen LogP) is 1.68. The average molecular weight is 294 g/mol. The van der Waals surface area contributed by atoms with Crippen molar-refractivity contribution < 1.29 is 9.21 Å². The Bertz CT molecular complexity index is 492. The maximum Gasteiger partial charge on any atom is 0.243 e. The first-order valence-corrected chi connectivity index (χ1v) is 7.13. The molecule has 1 heterocycles. The molecule has 0 spiro atoms. The highest BCUT2D eigenvalue weighted by atomic mass is 16.3. The summed E-state index contributed by atoms with van der Waals surface area (Å²) >= 11 is 0. The quantitative estimate of drug-likeness (QED) is 0.640. The second kappa shape index (κ2) is 7.71. The van der Waals surface area contributed by atoms with Crippen LogP contribution in [0.2, 0.25) is 0 Å². The fourth-order valence-electron chi connectivity index (χ4n) is 1.66. The van der Waals surface area contributed by atoms with Gasteiger partial charge in [0, 0.05) is 20.1 Å². The number of nitrogens with zero attached hydrogens (tertiary/aromatic N) is 2. The van der Waals surface area contributed by atoms with Crippen LogP contribution in [0.15, 0.2) is 21.5 Å². The first kappa shape index (κ1) is 17.1. The highest BCUT2D eigenvalue weighted by Gasteiger charge is 2.13. The minimum atomic E-state index is -0.0404. The lowest BCUT2D eigenvalue weighted by Gasteiger charge is -2.19. The third-order valence-electron chi connectivity index (χ3n) is 2.84.